The molecule has 10 nitrogen and oxygen atoms in total. The number of amides is 3. The quantitative estimate of drug-likeness (QED) is 0.174. The van der Waals surface area contributed by atoms with Crippen molar-refractivity contribution in [1.82, 2.24) is 20.9 Å². The fourth-order valence-corrected chi connectivity index (χ4v) is 3.98. The third kappa shape index (κ3) is 9.21. The van der Waals surface area contributed by atoms with Crippen LogP contribution in [0.15, 0.2) is 41.5 Å². The number of carbonyl (C=O) groups is 5. The topological polar surface area (TPSA) is 144 Å². The first-order valence-electron chi connectivity index (χ1n) is 10.7. The molecule has 0 saturated heterocycles. The minimum absolute atomic E-state index is 0.00134. The van der Waals surface area contributed by atoms with Gasteiger partial charge in [0.1, 0.15) is 17.8 Å². The highest BCUT2D eigenvalue weighted by molar-refractivity contribution is 8.13. The van der Waals surface area contributed by atoms with Crippen molar-refractivity contribution in [2.75, 3.05) is 12.0 Å². The van der Waals surface area contributed by atoms with E-state index in [1.165, 1.54) is 43.4 Å². The van der Waals surface area contributed by atoms with Crippen molar-refractivity contribution in [2.45, 2.75) is 50.3 Å². The molecule has 0 spiro atoms. The molecule has 0 fully saturated rings. The number of fused-ring (bicyclic) bond motifs is 2. The Labute approximate surface area is 212 Å². The van der Waals surface area contributed by atoms with E-state index in [9.17, 15) is 24.0 Å². The monoisotopic (exact) mass is 520 g/mol. The van der Waals surface area contributed by atoms with E-state index in [4.69, 9.17) is 4.74 Å². The fourth-order valence-electron chi connectivity index (χ4n) is 2.88. The smallest absolute Gasteiger partial charge is 0.328 e. The number of ether oxygens (including phenoxy) is 1. The number of thioether (sulfide) groups is 2. The van der Waals surface area contributed by atoms with Gasteiger partial charge in [0.25, 0.3) is 11.8 Å². The zero-order valence-electron chi connectivity index (χ0n) is 19.7. The van der Waals surface area contributed by atoms with Gasteiger partial charge in [0.05, 0.1) is 24.4 Å². The van der Waals surface area contributed by atoms with Crippen LogP contribution in [0.4, 0.5) is 0 Å². The Bertz CT molecular complexity index is 1040. The number of hydrogen-bond donors (Lipinski definition) is 3. The second kappa shape index (κ2) is 13.7. The van der Waals surface area contributed by atoms with Gasteiger partial charge in [-0.25, -0.2) is 9.78 Å². The predicted molar refractivity (Wildman–Crippen MR) is 133 cm³/mol. The molecule has 188 valence electrons. The Kier molecular flexibility index (Phi) is 11.0. The minimum Gasteiger partial charge on any atom is -0.456 e. The van der Waals surface area contributed by atoms with Crippen LogP contribution in [0, 0.1) is 0 Å². The molecule has 0 saturated carbocycles. The number of pyridine rings is 1. The standard InChI is InChI=1S/C23H28N4O6S2/c1-13-21(30)26-14(2)23(32)33-16(7-5-6-10-35-15(3)28)11-20(29)24-12-18-19(34-4)9-8-17(27-18)22(31)25-13/h5,7-9,14,16H,1,6,10-12H2,2-4H3,(H,24,29)(H,25,31)(H,26,30)/b7-5+/t14-,16+/m0/s1. The van der Waals surface area contributed by atoms with E-state index < -0.39 is 35.8 Å². The number of cyclic esters (lactones) is 1. The fraction of sp³-hybridized carbons (Fsp3) is 0.391. The van der Waals surface area contributed by atoms with Crippen LogP contribution in [0.3, 0.4) is 0 Å². The Morgan fingerprint density at radius 3 is 2.69 bits per heavy atom. The number of hydrogen-bond acceptors (Lipinski definition) is 9. The highest BCUT2D eigenvalue weighted by atomic mass is 32.2. The van der Waals surface area contributed by atoms with Crippen molar-refractivity contribution in [3.63, 3.8) is 0 Å². The molecule has 0 aromatic carbocycles. The molecule has 1 aromatic rings. The molecule has 1 aliphatic rings. The predicted octanol–water partition coefficient (Wildman–Crippen LogP) is 1.71. The molecule has 12 heteroatoms. The van der Waals surface area contributed by atoms with Gasteiger partial charge in [-0.05, 0) is 37.8 Å². The van der Waals surface area contributed by atoms with Gasteiger partial charge in [0.15, 0.2) is 5.12 Å². The number of rotatable bonds is 5. The van der Waals surface area contributed by atoms with Crippen LogP contribution in [-0.4, -0.2) is 57.9 Å². The summed E-state index contributed by atoms with van der Waals surface area (Å²) in [6, 6.07) is 2.14. The third-order valence-electron chi connectivity index (χ3n) is 4.67. The molecular formula is C23H28N4O6S2. The molecule has 0 radical (unpaired) electrons. The Morgan fingerprint density at radius 1 is 1.26 bits per heavy atom. The second-order valence-corrected chi connectivity index (χ2v) is 9.61. The molecule has 0 aliphatic carbocycles. The molecule has 1 aromatic heterocycles. The summed E-state index contributed by atoms with van der Waals surface area (Å²) in [7, 11) is 0. The number of esters is 1. The Hall–Kier alpha value is -3.12. The lowest BCUT2D eigenvalue weighted by Crippen LogP contribution is -2.44. The zero-order valence-corrected chi connectivity index (χ0v) is 21.3. The Morgan fingerprint density at radius 2 is 2.00 bits per heavy atom. The summed E-state index contributed by atoms with van der Waals surface area (Å²) in [4.78, 5) is 66.3. The summed E-state index contributed by atoms with van der Waals surface area (Å²) >= 11 is 2.57. The average molecular weight is 521 g/mol. The van der Waals surface area contributed by atoms with Crippen LogP contribution in [-0.2, 0) is 30.5 Å². The molecule has 2 bridgehead atoms. The van der Waals surface area contributed by atoms with Gasteiger partial charge in [0.2, 0.25) is 5.91 Å². The number of allylic oxidation sites excluding steroid dienone is 1. The van der Waals surface area contributed by atoms with Crippen molar-refractivity contribution >= 4 is 52.3 Å². The van der Waals surface area contributed by atoms with Gasteiger partial charge in [0, 0.05) is 17.6 Å². The van der Waals surface area contributed by atoms with Crippen molar-refractivity contribution in [3.8, 4) is 0 Å². The van der Waals surface area contributed by atoms with Crippen molar-refractivity contribution in [2.24, 2.45) is 0 Å². The van der Waals surface area contributed by atoms with Crippen LogP contribution >= 0.6 is 23.5 Å². The van der Waals surface area contributed by atoms with Crippen LogP contribution in [0.1, 0.15) is 42.9 Å². The number of nitrogens with one attached hydrogen (secondary N) is 3. The van der Waals surface area contributed by atoms with E-state index in [0.29, 0.717) is 17.9 Å². The molecule has 3 amide bonds. The summed E-state index contributed by atoms with van der Waals surface area (Å²) in [5, 5.41) is 7.52. The first-order valence-corrected chi connectivity index (χ1v) is 12.9. The summed E-state index contributed by atoms with van der Waals surface area (Å²) in [5.41, 5.74) is 0.260. The second-order valence-electron chi connectivity index (χ2n) is 7.49. The first-order chi connectivity index (χ1) is 16.6. The van der Waals surface area contributed by atoms with Crippen LogP contribution in [0.25, 0.3) is 0 Å². The van der Waals surface area contributed by atoms with Gasteiger partial charge in [-0.2, -0.15) is 0 Å². The minimum atomic E-state index is -1.07. The lowest BCUT2D eigenvalue weighted by Gasteiger charge is -2.20. The lowest BCUT2D eigenvalue weighted by molar-refractivity contribution is -0.151. The summed E-state index contributed by atoms with van der Waals surface area (Å²) < 4.78 is 5.44. The van der Waals surface area contributed by atoms with Gasteiger partial charge < -0.3 is 20.7 Å². The first kappa shape index (κ1) is 28.1. The van der Waals surface area contributed by atoms with Crippen molar-refractivity contribution in [3.05, 3.63) is 47.9 Å². The zero-order chi connectivity index (χ0) is 26.0. The molecule has 35 heavy (non-hydrogen) atoms. The van der Waals surface area contributed by atoms with Crippen LogP contribution in [0.5, 0.6) is 0 Å². The maximum atomic E-state index is 12.6. The van der Waals surface area contributed by atoms with E-state index in [1.807, 2.05) is 6.26 Å². The SMILES string of the molecule is C=C1NC(=O)c2ccc(SC)c(n2)CNC(=O)C[C@@H](/C=C/CCSC(C)=O)OC(=O)[C@H](C)NC1=O. The average Bonchev–Trinajstić information content (AvgIpc) is 2.81. The van der Waals surface area contributed by atoms with Gasteiger partial charge in [-0.3, -0.25) is 19.2 Å². The van der Waals surface area contributed by atoms with Crippen molar-refractivity contribution < 1.29 is 28.7 Å². The largest absolute Gasteiger partial charge is 0.456 e. The molecule has 2 rings (SSSR count). The van der Waals surface area contributed by atoms with E-state index in [-0.39, 0.29) is 29.5 Å². The van der Waals surface area contributed by atoms with Crippen molar-refractivity contribution in [1.29, 1.82) is 0 Å². The molecule has 2 heterocycles. The molecule has 2 atom stereocenters. The maximum absolute atomic E-state index is 12.6. The van der Waals surface area contributed by atoms with E-state index in [2.05, 4.69) is 27.5 Å². The summed E-state index contributed by atoms with van der Waals surface area (Å²) in [6.07, 6.45) is 4.65. The van der Waals surface area contributed by atoms with E-state index in [1.54, 1.807) is 18.2 Å². The van der Waals surface area contributed by atoms with E-state index in [0.717, 1.165) is 4.90 Å². The number of carbonyl (C=O) groups excluding carboxylic acids is 5. The molecule has 3 N–H and O–H groups in total. The van der Waals surface area contributed by atoms with Gasteiger partial charge >= 0.3 is 5.97 Å². The Balaban J connectivity index is 2.28. The normalized spacial score (nSPS) is 20.1. The maximum Gasteiger partial charge on any atom is 0.328 e. The number of nitrogens with zero attached hydrogens (tertiary/aromatic N) is 1. The van der Waals surface area contributed by atoms with Gasteiger partial charge in [-0.1, -0.05) is 24.4 Å². The number of aromatic nitrogens is 1. The third-order valence-corrected chi connectivity index (χ3v) is 6.33. The summed E-state index contributed by atoms with van der Waals surface area (Å²) in [6.45, 7) is 6.50. The van der Waals surface area contributed by atoms with Gasteiger partial charge in [-0.15, -0.1) is 11.8 Å². The highest BCUT2D eigenvalue weighted by Gasteiger charge is 2.24. The molecule has 0 unspecified atom stereocenters. The molecular weight excluding hydrogens is 492 g/mol. The lowest BCUT2D eigenvalue weighted by atomic mass is 10.2. The van der Waals surface area contributed by atoms with E-state index >= 15 is 0 Å². The molecule has 1 aliphatic heterocycles. The van der Waals surface area contributed by atoms with Crippen LogP contribution in [0.2, 0.25) is 0 Å². The highest BCUT2D eigenvalue weighted by Crippen LogP contribution is 2.19. The van der Waals surface area contributed by atoms with Crippen LogP contribution < -0.4 is 16.0 Å². The summed E-state index contributed by atoms with van der Waals surface area (Å²) in [5.74, 6) is -2.02.